The lowest BCUT2D eigenvalue weighted by Crippen LogP contribution is -2.48. The molecular formula is C11H19NO2S. The number of amides is 1. The molecule has 86 valence electrons. The van der Waals surface area contributed by atoms with Crippen LogP contribution in [0.3, 0.4) is 0 Å². The Morgan fingerprint density at radius 2 is 2.13 bits per heavy atom. The first kappa shape index (κ1) is 11.3. The quantitative estimate of drug-likeness (QED) is 0.789. The number of carbonyl (C=O) groups is 1. The lowest BCUT2D eigenvalue weighted by atomic mass is 9.91. The molecule has 15 heavy (non-hydrogen) atoms. The summed E-state index contributed by atoms with van der Waals surface area (Å²) in [6.45, 7) is 0.625. The Bertz CT molecular complexity index is 225. The van der Waals surface area contributed by atoms with Gasteiger partial charge in [-0.25, -0.2) is 0 Å². The van der Waals surface area contributed by atoms with Crippen LogP contribution in [0.2, 0.25) is 0 Å². The van der Waals surface area contributed by atoms with Crippen LogP contribution in [0, 0.1) is 0 Å². The van der Waals surface area contributed by atoms with Crippen molar-refractivity contribution < 1.29 is 9.90 Å². The topological polar surface area (TPSA) is 40.5 Å². The van der Waals surface area contributed by atoms with Crippen molar-refractivity contribution in [3.05, 3.63) is 0 Å². The molecule has 0 bridgehead atoms. The monoisotopic (exact) mass is 229 g/mol. The van der Waals surface area contributed by atoms with E-state index in [0.29, 0.717) is 12.6 Å². The van der Waals surface area contributed by atoms with Crippen molar-refractivity contribution in [1.82, 2.24) is 4.90 Å². The van der Waals surface area contributed by atoms with Crippen molar-refractivity contribution in [3.63, 3.8) is 0 Å². The highest BCUT2D eigenvalue weighted by Crippen LogP contribution is 2.31. The van der Waals surface area contributed by atoms with Crippen LogP contribution in [0.15, 0.2) is 0 Å². The van der Waals surface area contributed by atoms with Gasteiger partial charge in [0, 0.05) is 12.6 Å². The molecule has 1 aliphatic carbocycles. The molecule has 2 rings (SSSR count). The summed E-state index contributed by atoms with van der Waals surface area (Å²) in [5.41, 5.74) is 0. The van der Waals surface area contributed by atoms with Crippen LogP contribution in [0.5, 0.6) is 0 Å². The summed E-state index contributed by atoms with van der Waals surface area (Å²) in [6.07, 6.45) is 5.68. The average molecular weight is 229 g/mol. The minimum Gasteiger partial charge on any atom is -0.395 e. The average Bonchev–Trinajstić information content (AvgIpc) is 2.66. The molecule has 2 fully saturated rings. The molecule has 1 saturated heterocycles. The third kappa shape index (κ3) is 2.48. The summed E-state index contributed by atoms with van der Waals surface area (Å²) < 4.78 is 0. The number of hydrogen-bond acceptors (Lipinski definition) is 3. The van der Waals surface area contributed by atoms with Crippen molar-refractivity contribution >= 4 is 17.7 Å². The molecule has 0 aromatic heterocycles. The summed E-state index contributed by atoms with van der Waals surface area (Å²) in [7, 11) is 0. The second-order valence-corrected chi connectivity index (χ2v) is 5.65. The first-order chi connectivity index (χ1) is 7.33. The molecule has 0 aromatic carbocycles. The first-order valence-corrected chi connectivity index (χ1v) is 6.90. The maximum absolute atomic E-state index is 12.2. The highest BCUT2D eigenvalue weighted by molar-refractivity contribution is 8.00. The van der Waals surface area contributed by atoms with E-state index in [2.05, 4.69) is 0 Å². The number of hydrogen-bond donors (Lipinski definition) is 1. The zero-order valence-electron chi connectivity index (χ0n) is 9.02. The number of carbonyl (C=O) groups excluding carboxylic acids is 1. The van der Waals surface area contributed by atoms with Gasteiger partial charge in [0.2, 0.25) is 5.91 Å². The van der Waals surface area contributed by atoms with E-state index in [1.54, 1.807) is 11.8 Å². The van der Waals surface area contributed by atoms with E-state index >= 15 is 0 Å². The van der Waals surface area contributed by atoms with E-state index in [9.17, 15) is 4.79 Å². The van der Waals surface area contributed by atoms with Gasteiger partial charge in [0.1, 0.15) is 0 Å². The highest BCUT2D eigenvalue weighted by atomic mass is 32.2. The summed E-state index contributed by atoms with van der Waals surface area (Å²) in [4.78, 5) is 14.1. The number of rotatable bonds is 4. The minimum atomic E-state index is 0.0969. The van der Waals surface area contributed by atoms with Gasteiger partial charge in [0.25, 0.3) is 0 Å². The molecular weight excluding hydrogens is 210 g/mol. The van der Waals surface area contributed by atoms with Crippen LogP contribution in [0.4, 0.5) is 0 Å². The predicted molar refractivity (Wildman–Crippen MR) is 61.9 cm³/mol. The number of thioether (sulfide) groups is 1. The summed E-state index contributed by atoms with van der Waals surface area (Å²) in [5, 5.41) is 9.17. The van der Waals surface area contributed by atoms with E-state index in [-0.39, 0.29) is 17.8 Å². The third-order valence-corrected chi connectivity index (χ3v) is 4.71. The summed E-state index contributed by atoms with van der Waals surface area (Å²) in [6, 6.07) is 0.422. The fraction of sp³-hybridized carbons (Fsp3) is 0.909. The minimum absolute atomic E-state index is 0.0969. The SMILES string of the molecule is O=C(C1CCCS1)N(CCO)C1CCC1. The lowest BCUT2D eigenvalue weighted by molar-refractivity contribution is -0.135. The standard InChI is InChI=1S/C11H19NO2S/c13-7-6-12(9-3-1-4-9)11(14)10-5-2-8-15-10/h9-10,13H,1-8H2. The van der Waals surface area contributed by atoms with Gasteiger partial charge in [-0.15, -0.1) is 11.8 Å². The van der Waals surface area contributed by atoms with Gasteiger partial charge in [-0.1, -0.05) is 0 Å². The zero-order valence-corrected chi connectivity index (χ0v) is 9.84. The van der Waals surface area contributed by atoms with Crippen molar-refractivity contribution in [1.29, 1.82) is 0 Å². The zero-order chi connectivity index (χ0) is 10.7. The van der Waals surface area contributed by atoms with Crippen LogP contribution in [-0.2, 0) is 4.79 Å². The van der Waals surface area contributed by atoms with Crippen molar-refractivity contribution in [3.8, 4) is 0 Å². The Morgan fingerprint density at radius 3 is 2.60 bits per heavy atom. The Labute approximate surface area is 95.2 Å². The number of aliphatic hydroxyl groups excluding tert-OH is 1. The fourth-order valence-corrected chi connectivity index (χ4v) is 3.47. The molecule has 4 heteroatoms. The summed E-state index contributed by atoms with van der Waals surface area (Å²) in [5.74, 6) is 1.39. The maximum atomic E-state index is 12.2. The Balaban J connectivity index is 1.92. The lowest BCUT2D eigenvalue weighted by Gasteiger charge is -2.38. The molecule has 3 nitrogen and oxygen atoms in total. The smallest absolute Gasteiger partial charge is 0.236 e. The molecule has 1 atom stereocenters. The Morgan fingerprint density at radius 1 is 1.33 bits per heavy atom. The van der Waals surface area contributed by atoms with Crippen LogP contribution >= 0.6 is 11.8 Å². The van der Waals surface area contributed by atoms with Crippen LogP contribution in [0.25, 0.3) is 0 Å². The van der Waals surface area contributed by atoms with E-state index in [1.165, 1.54) is 12.8 Å². The normalized spacial score (nSPS) is 26.3. The van der Waals surface area contributed by atoms with Gasteiger partial charge in [-0.2, -0.15) is 0 Å². The van der Waals surface area contributed by atoms with Crippen molar-refractivity contribution in [2.24, 2.45) is 0 Å². The molecule has 0 radical (unpaired) electrons. The van der Waals surface area contributed by atoms with E-state index in [4.69, 9.17) is 5.11 Å². The van der Waals surface area contributed by atoms with Crippen LogP contribution < -0.4 is 0 Å². The second-order valence-electron chi connectivity index (χ2n) is 4.34. The molecule has 1 amide bonds. The molecule has 1 aliphatic heterocycles. The van der Waals surface area contributed by atoms with E-state index < -0.39 is 0 Å². The van der Waals surface area contributed by atoms with Crippen LogP contribution in [-0.4, -0.2) is 46.1 Å². The molecule has 2 aliphatic rings. The fourth-order valence-electron chi connectivity index (χ4n) is 2.24. The molecule has 1 N–H and O–H groups in total. The number of aliphatic hydroxyl groups is 1. The van der Waals surface area contributed by atoms with Gasteiger partial charge in [0.15, 0.2) is 0 Å². The van der Waals surface area contributed by atoms with Gasteiger partial charge in [-0.05, 0) is 37.9 Å². The largest absolute Gasteiger partial charge is 0.395 e. The van der Waals surface area contributed by atoms with Crippen LogP contribution in [0.1, 0.15) is 32.1 Å². The first-order valence-electron chi connectivity index (χ1n) is 5.86. The molecule has 0 aromatic rings. The second kappa shape index (κ2) is 5.21. The van der Waals surface area contributed by atoms with Gasteiger partial charge >= 0.3 is 0 Å². The Kier molecular flexibility index (Phi) is 3.92. The molecule has 1 unspecified atom stereocenters. The number of nitrogens with zero attached hydrogens (tertiary/aromatic N) is 1. The van der Waals surface area contributed by atoms with E-state index in [0.717, 1.165) is 25.0 Å². The molecule has 0 spiro atoms. The molecule has 1 heterocycles. The highest BCUT2D eigenvalue weighted by Gasteiger charge is 2.33. The van der Waals surface area contributed by atoms with Crippen molar-refractivity contribution in [2.75, 3.05) is 18.9 Å². The third-order valence-electron chi connectivity index (χ3n) is 3.34. The van der Waals surface area contributed by atoms with Gasteiger partial charge in [0.05, 0.1) is 11.9 Å². The van der Waals surface area contributed by atoms with Gasteiger partial charge in [-0.3, -0.25) is 4.79 Å². The van der Waals surface area contributed by atoms with Gasteiger partial charge < -0.3 is 10.0 Å². The van der Waals surface area contributed by atoms with Crippen molar-refractivity contribution in [2.45, 2.75) is 43.4 Å². The Hall–Kier alpha value is -0.220. The maximum Gasteiger partial charge on any atom is 0.236 e. The summed E-state index contributed by atoms with van der Waals surface area (Å²) >= 11 is 1.78. The molecule has 1 saturated carbocycles. The van der Waals surface area contributed by atoms with E-state index in [1.807, 2.05) is 4.90 Å². The predicted octanol–water partition coefficient (Wildman–Crippen LogP) is 1.26.